The third-order valence-electron chi connectivity index (χ3n) is 5.93. The first-order valence-corrected chi connectivity index (χ1v) is 10.4. The van der Waals surface area contributed by atoms with Crippen molar-refractivity contribution in [2.24, 2.45) is 11.8 Å². The minimum absolute atomic E-state index is 0.217. The summed E-state index contributed by atoms with van der Waals surface area (Å²) in [5.74, 6) is 0.642. The molecular formula is C23H25F3N2O3. The Bertz CT molecular complexity index is 868. The third-order valence-corrected chi connectivity index (χ3v) is 5.93. The summed E-state index contributed by atoms with van der Waals surface area (Å²) >= 11 is 0. The zero-order valence-corrected chi connectivity index (χ0v) is 17.1. The van der Waals surface area contributed by atoms with Gasteiger partial charge in [0.05, 0.1) is 0 Å². The molecule has 5 nitrogen and oxygen atoms in total. The maximum atomic E-state index is 12.5. The molecule has 0 N–H and O–H groups in total. The van der Waals surface area contributed by atoms with E-state index in [4.69, 9.17) is 4.74 Å². The maximum Gasteiger partial charge on any atom is 0.573 e. The van der Waals surface area contributed by atoms with E-state index in [-0.39, 0.29) is 18.4 Å². The summed E-state index contributed by atoms with van der Waals surface area (Å²) in [6.45, 7) is 3.33. The predicted molar refractivity (Wildman–Crippen MR) is 110 cm³/mol. The molecule has 4 rings (SSSR count). The number of rotatable bonds is 5. The highest BCUT2D eigenvalue weighted by atomic mass is 19.4. The molecule has 2 aliphatic heterocycles. The monoisotopic (exact) mass is 434 g/mol. The van der Waals surface area contributed by atoms with Crippen LogP contribution in [0.15, 0.2) is 54.6 Å². The van der Waals surface area contributed by atoms with Crippen LogP contribution in [0.3, 0.4) is 0 Å². The van der Waals surface area contributed by atoms with Gasteiger partial charge in [0.25, 0.3) is 0 Å². The zero-order chi connectivity index (χ0) is 21.8. The standard InChI is InChI=1S/C23H25F3N2O3/c24-23(25,26)31-21-10-8-20(9-11-21)28-14-19(15-28)18-7-4-12-27(13-18)22(29)30-16-17-5-2-1-3-6-17/h1-3,5-6,8-11,18-19H,4,7,12-16H2. The van der Waals surface area contributed by atoms with Crippen LogP contribution in [0, 0.1) is 11.8 Å². The molecule has 166 valence electrons. The Kier molecular flexibility index (Phi) is 6.25. The van der Waals surface area contributed by atoms with Gasteiger partial charge in [-0.25, -0.2) is 4.79 Å². The predicted octanol–water partition coefficient (Wildman–Crippen LogP) is 5.07. The highest BCUT2D eigenvalue weighted by Gasteiger charge is 2.37. The number of carbonyl (C=O) groups excluding carboxylic acids is 1. The van der Waals surface area contributed by atoms with Gasteiger partial charge in [0, 0.05) is 31.9 Å². The highest BCUT2D eigenvalue weighted by Crippen LogP contribution is 2.35. The van der Waals surface area contributed by atoms with Gasteiger partial charge in [0.2, 0.25) is 0 Å². The average Bonchev–Trinajstić information content (AvgIpc) is 2.72. The van der Waals surface area contributed by atoms with Crippen molar-refractivity contribution in [3.8, 4) is 5.75 Å². The number of hydrogen-bond donors (Lipinski definition) is 0. The van der Waals surface area contributed by atoms with Crippen LogP contribution in [0.1, 0.15) is 18.4 Å². The summed E-state index contributed by atoms with van der Waals surface area (Å²) in [6.07, 6.45) is -2.94. The Hall–Kier alpha value is -2.90. The van der Waals surface area contributed by atoms with Crippen LogP contribution in [0.2, 0.25) is 0 Å². The van der Waals surface area contributed by atoms with E-state index >= 15 is 0 Å². The molecule has 0 aliphatic carbocycles. The van der Waals surface area contributed by atoms with E-state index in [1.165, 1.54) is 12.1 Å². The maximum absolute atomic E-state index is 12.5. The molecule has 1 atom stereocenters. The lowest BCUT2D eigenvalue weighted by Gasteiger charge is -2.47. The summed E-state index contributed by atoms with van der Waals surface area (Å²) in [6, 6.07) is 15.6. The summed E-state index contributed by atoms with van der Waals surface area (Å²) in [7, 11) is 0. The Labute approximate surface area is 179 Å². The minimum atomic E-state index is -4.68. The van der Waals surface area contributed by atoms with Crippen LogP contribution in [0.5, 0.6) is 5.75 Å². The lowest BCUT2D eigenvalue weighted by molar-refractivity contribution is -0.274. The number of ether oxygens (including phenoxy) is 2. The average molecular weight is 434 g/mol. The quantitative estimate of drug-likeness (QED) is 0.659. The number of alkyl halides is 3. The second-order valence-electron chi connectivity index (χ2n) is 8.10. The Morgan fingerprint density at radius 1 is 0.968 bits per heavy atom. The molecule has 2 aromatic carbocycles. The molecule has 8 heteroatoms. The van der Waals surface area contributed by atoms with Crippen molar-refractivity contribution in [3.63, 3.8) is 0 Å². The molecule has 2 heterocycles. The van der Waals surface area contributed by atoms with Crippen molar-refractivity contribution in [3.05, 3.63) is 60.2 Å². The first-order valence-electron chi connectivity index (χ1n) is 10.4. The van der Waals surface area contributed by atoms with Crippen LogP contribution < -0.4 is 9.64 Å². The molecule has 31 heavy (non-hydrogen) atoms. The van der Waals surface area contributed by atoms with Gasteiger partial charge in [0.15, 0.2) is 0 Å². The molecule has 0 saturated carbocycles. The van der Waals surface area contributed by atoms with E-state index in [0.717, 1.165) is 37.2 Å². The van der Waals surface area contributed by atoms with Crippen molar-refractivity contribution in [1.29, 1.82) is 0 Å². The second-order valence-corrected chi connectivity index (χ2v) is 8.10. The number of anilines is 1. The normalized spacial score (nSPS) is 19.6. The first-order chi connectivity index (χ1) is 14.9. The molecule has 0 aromatic heterocycles. The fourth-order valence-corrected chi connectivity index (χ4v) is 4.25. The molecule has 0 radical (unpaired) electrons. The van der Waals surface area contributed by atoms with Crippen LogP contribution in [0.4, 0.5) is 23.7 Å². The van der Waals surface area contributed by atoms with E-state index < -0.39 is 6.36 Å². The number of nitrogens with zero attached hydrogens (tertiary/aromatic N) is 2. The lowest BCUT2D eigenvalue weighted by atomic mass is 9.80. The van der Waals surface area contributed by atoms with E-state index in [1.54, 1.807) is 17.0 Å². The van der Waals surface area contributed by atoms with Crippen molar-refractivity contribution in [2.75, 3.05) is 31.1 Å². The minimum Gasteiger partial charge on any atom is -0.445 e. The molecule has 2 aromatic rings. The van der Waals surface area contributed by atoms with E-state index in [9.17, 15) is 18.0 Å². The fraction of sp³-hybridized carbons (Fsp3) is 0.435. The van der Waals surface area contributed by atoms with Gasteiger partial charge in [-0.3, -0.25) is 0 Å². The first kappa shape index (κ1) is 21.3. The molecule has 0 bridgehead atoms. The van der Waals surface area contributed by atoms with Crippen LogP contribution in [0.25, 0.3) is 0 Å². The van der Waals surface area contributed by atoms with Gasteiger partial charge < -0.3 is 19.3 Å². The van der Waals surface area contributed by atoms with Gasteiger partial charge in [-0.2, -0.15) is 0 Å². The van der Waals surface area contributed by atoms with E-state index in [0.29, 0.717) is 24.9 Å². The summed E-state index contributed by atoms with van der Waals surface area (Å²) < 4.78 is 46.3. The molecule has 1 unspecified atom stereocenters. The van der Waals surface area contributed by atoms with Gasteiger partial charge in [0.1, 0.15) is 12.4 Å². The third kappa shape index (κ3) is 5.62. The fourth-order valence-electron chi connectivity index (χ4n) is 4.25. The van der Waals surface area contributed by atoms with Crippen molar-refractivity contribution >= 4 is 11.8 Å². The van der Waals surface area contributed by atoms with Crippen LogP contribution >= 0.6 is 0 Å². The number of likely N-dealkylation sites (tertiary alicyclic amines) is 1. The van der Waals surface area contributed by atoms with Crippen LogP contribution in [-0.4, -0.2) is 43.5 Å². The summed E-state index contributed by atoms with van der Waals surface area (Å²) in [5.41, 5.74) is 1.84. The number of benzene rings is 2. The summed E-state index contributed by atoms with van der Waals surface area (Å²) in [5, 5.41) is 0. The number of carbonyl (C=O) groups is 1. The Balaban J connectivity index is 1.24. The Morgan fingerprint density at radius 3 is 2.35 bits per heavy atom. The topological polar surface area (TPSA) is 42.0 Å². The van der Waals surface area contributed by atoms with Gasteiger partial charge >= 0.3 is 12.5 Å². The SMILES string of the molecule is O=C(OCc1ccccc1)N1CCCC(C2CN(c3ccc(OC(F)(F)F)cc3)C2)C1. The van der Waals surface area contributed by atoms with Gasteiger partial charge in [-0.1, -0.05) is 30.3 Å². The second kappa shape index (κ2) is 9.08. The number of piperidine rings is 1. The highest BCUT2D eigenvalue weighted by molar-refractivity contribution is 5.67. The largest absolute Gasteiger partial charge is 0.573 e. The number of hydrogen-bond acceptors (Lipinski definition) is 4. The van der Waals surface area contributed by atoms with Crippen molar-refractivity contribution < 1.29 is 27.4 Å². The molecule has 1 amide bonds. The number of halogens is 3. The lowest BCUT2D eigenvalue weighted by Crippen LogP contribution is -2.54. The molecule has 2 saturated heterocycles. The van der Waals surface area contributed by atoms with Gasteiger partial charge in [-0.05, 0) is 54.5 Å². The zero-order valence-electron chi connectivity index (χ0n) is 17.1. The van der Waals surface area contributed by atoms with E-state index in [2.05, 4.69) is 9.64 Å². The van der Waals surface area contributed by atoms with Gasteiger partial charge in [-0.15, -0.1) is 13.2 Å². The Morgan fingerprint density at radius 2 is 1.68 bits per heavy atom. The molecular weight excluding hydrogens is 409 g/mol. The van der Waals surface area contributed by atoms with E-state index in [1.807, 2.05) is 30.3 Å². The van der Waals surface area contributed by atoms with Crippen LogP contribution in [-0.2, 0) is 11.3 Å². The number of amides is 1. The molecule has 0 spiro atoms. The smallest absolute Gasteiger partial charge is 0.445 e. The summed E-state index contributed by atoms with van der Waals surface area (Å²) in [4.78, 5) is 16.4. The molecule has 2 aliphatic rings. The van der Waals surface area contributed by atoms with Crippen molar-refractivity contribution in [2.45, 2.75) is 25.8 Å². The molecule has 2 fully saturated rings. The van der Waals surface area contributed by atoms with Crippen molar-refractivity contribution in [1.82, 2.24) is 4.90 Å².